The number of aryl methyl sites for hydroxylation is 1. The van der Waals surface area contributed by atoms with Crippen LogP contribution in [0.3, 0.4) is 0 Å². The van der Waals surface area contributed by atoms with Crippen LogP contribution in [0.15, 0.2) is 46.9 Å². The molecule has 0 N–H and O–H groups in total. The van der Waals surface area contributed by atoms with Gasteiger partial charge in [-0.05, 0) is 36.8 Å². The van der Waals surface area contributed by atoms with Gasteiger partial charge in [-0.15, -0.1) is 0 Å². The first-order valence-electron chi connectivity index (χ1n) is 8.93. The summed E-state index contributed by atoms with van der Waals surface area (Å²) >= 11 is 0. The first kappa shape index (κ1) is 19.3. The lowest BCUT2D eigenvalue weighted by molar-refractivity contribution is -0.384. The Kier molecular flexibility index (Phi) is 5.54. The molecule has 28 heavy (non-hydrogen) atoms. The number of nitro benzene ring substituents is 1. The van der Waals surface area contributed by atoms with E-state index >= 15 is 0 Å². The fourth-order valence-corrected chi connectivity index (χ4v) is 3.00. The maximum absolute atomic E-state index is 13.2. The van der Waals surface area contributed by atoms with Gasteiger partial charge in [-0.1, -0.05) is 13.3 Å². The molecule has 1 aromatic heterocycles. The molecule has 7 heteroatoms. The molecule has 0 aliphatic rings. The molecular formula is C21H19NO6. The zero-order valence-corrected chi connectivity index (χ0v) is 15.6. The molecule has 0 saturated carbocycles. The topological polar surface area (TPSA) is 99.7 Å². The second kappa shape index (κ2) is 8.04. The summed E-state index contributed by atoms with van der Waals surface area (Å²) in [6.45, 7) is 3.33. The highest BCUT2D eigenvalue weighted by Gasteiger charge is 2.23. The van der Waals surface area contributed by atoms with Crippen molar-refractivity contribution in [3.05, 3.63) is 69.5 Å². The maximum Gasteiger partial charge on any atom is 0.308 e. The Balaban J connectivity index is 2.07. The Labute approximate surface area is 161 Å². The van der Waals surface area contributed by atoms with Crippen molar-refractivity contribution in [2.45, 2.75) is 33.1 Å². The lowest BCUT2D eigenvalue weighted by atomic mass is 9.98. The van der Waals surface area contributed by atoms with E-state index in [0.717, 1.165) is 12.8 Å². The molecule has 0 fully saturated rings. The second-order valence-corrected chi connectivity index (χ2v) is 6.39. The van der Waals surface area contributed by atoms with Crippen molar-refractivity contribution in [2.24, 2.45) is 0 Å². The van der Waals surface area contributed by atoms with Crippen molar-refractivity contribution in [1.29, 1.82) is 0 Å². The Morgan fingerprint density at radius 2 is 1.86 bits per heavy atom. The SMILES string of the molecule is CCCCc1oc2ccc([N+](=O)[O-])cc2c1C(=O)c1ccc(OC(C)=O)cc1. The number of fused-ring (bicyclic) bond motifs is 1. The highest BCUT2D eigenvalue weighted by molar-refractivity contribution is 6.17. The monoisotopic (exact) mass is 381 g/mol. The minimum absolute atomic E-state index is 0.102. The third-order valence-electron chi connectivity index (χ3n) is 4.32. The van der Waals surface area contributed by atoms with Gasteiger partial charge in [-0.25, -0.2) is 0 Å². The van der Waals surface area contributed by atoms with E-state index in [1.807, 2.05) is 6.92 Å². The largest absolute Gasteiger partial charge is 0.460 e. The van der Waals surface area contributed by atoms with Gasteiger partial charge in [0.2, 0.25) is 0 Å². The molecule has 3 rings (SSSR count). The van der Waals surface area contributed by atoms with Gasteiger partial charge >= 0.3 is 5.97 Å². The molecule has 0 atom stereocenters. The van der Waals surface area contributed by atoms with Crippen LogP contribution in [0.5, 0.6) is 5.75 Å². The number of hydrogen-bond donors (Lipinski definition) is 0. The maximum atomic E-state index is 13.2. The summed E-state index contributed by atoms with van der Waals surface area (Å²) in [7, 11) is 0. The Morgan fingerprint density at radius 1 is 1.14 bits per heavy atom. The third kappa shape index (κ3) is 3.93. The minimum atomic E-state index is -0.500. The first-order chi connectivity index (χ1) is 13.4. The number of carbonyl (C=O) groups is 2. The zero-order valence-electron chi connectivity index (χ0n) is 15.6. The summed E-state index contributed by atoms with van der Waals surface area (Å²) < 4.78 is 10.8. The molecule has 0 unspecified atom stereocenters. The lowest BCUT2D eigenvalue weighted by Crippen LogP contribution is -2.05. The van der Waals surface area contributed by atoms with E-state index in [9.17, 15) is 19.7 Å². The highest BCUT2D eigenvalue weighted by atomic mass is 16.6. The summed E-state index contributed by atoms with van der Waals surface area (Å²) in [6, 6.07) is 10.4. The van der Waals surface area contributed by atoms with Crippen LogP contribution in [0, 0.1) is 10.1 Å². The van der Waals surface area contributed by atoms with E-state index in [4.69, 9.17) is 9.15 Å². The van der Waals surface area contributed by atoms with E-state index in [0.29, 0.717) is 40.0 Å². The van der Waals surface area contributed by atoms with Gasteiger partial charge in [-0.3, -0.25) is 19.7 Å². The molecule has 0 bridgehead atoms. The summed E-state index contributed by atoms with van der Waals surface area (Å²) in [5.41, 5.74) is 1.06. The van der Waals surface area contributed by atoms with Crippen LogP contribution in [0.2, 0.25) is 0 Å². The van der Waals surface area contributed by atoms with Crippen molar-refractivity contribution in [3.8, 4) is 5.75 Å². The number of ether oxygens (including phenoxy) is 1. The van der Waals surface area contributed by atoms with Gasteiger partial charge in [0.1, 0.15) is 17.1 Å². The van der Waals surface area contributed by atoms with Crippen LogP contribution in [-0.4, -0.2) is 16.7 Å². The van der Waals surface area contributed by atoms with Crippen LogP contribution in [0.1, 0.15) is 48.4 Å². The van der Waals surface area contributed by atoms with Crippen molar-refractivity contribution >= 4 is 28.4 Å². The van der Waals surface area contributed by atoms with E-state index in [-0.39, 0.29) is 11.5 Å². The number of hydrogen-bond acceptors (Lipinski definition) is 6. The molecule has 7 nitrogen and oxygen atoms in total. The van der Waals surface area contributed by atoms with E-state index in [1.54, 1.807) is 12.1 Å². The molecule has 0 aliphatic carbocycles. The van der Waals surface area contributed by atoms with Gasteiger partial charge in [0.25, 0.3) is 5.69 Å². The number of unbranched alkanes of at least 4 members (excludes halogenated alkanes) is 1. The molecule has 0 aliphatic heterocycles. The van der Waals surface area contributed by atoms with Crippen LogP contribution in [0.4, 0.5) is 5.69 Å². The van der Waals surface area contributed by atoms with Crippen molar-refractivity contribution in [3.63, 3.8) is 0 Å². The number of ketones is 1. The van der Waals surface area contributed by atoms with Crippen LogP contribution in [-0.2, 0) is 11.2 Å². The quantitative estimate of drug-likeness (QED) is 0.191. The average Bonchev–Trinajstić information content (AvgIpc) is 3.03. The molecule has 0 radical (unpaired) electrons. The highest BCUT2D eigenvalue weighted by Crippen LogP contribution is 2.32. The Bertz CT molecular complexity index is 1050. The molecule has 2 aromatic carbocycles. The van der Waals surface area contributed by atoms with E-state index < -0.39 is 10.9 Å². The fraction of sp³-hybridized carbons (Fsp3) is 0.238. The molecule has 0 spiro atoms. The van der Waals surface area contributed by atoms with Gasteiger partial charge in [-0.2, -0.15) is 0 Å². The first-order valence-corrected chi connectivity index (χ1v) is 8.93. The number of non-ortho nitro benzene ring substituents is 1. The number of nitrogens with zero attached hydrogens (tertiary/aromatic N) is 1. The van der Waals surface area contributed by atoms with Crippen molar-refractivity contribution in [1.82, 2.24) is 0 Å². The number of carbonyl (C=O) groups excluding carboxylic acids is 2. The number of rotatable bonds is 7. The number of nitro groups is 1. The molecular weight excluding hydrogens is 362 g/mol. The molecule has 3 aromatic rings. The fourth-order valence-electron chi connectivity index (χ4n) is 3.00. The Hall–Kier alpha value is -3.48. The lowest BCUT2D eigenvalue weighted by Gasteiger charge is -2.05. The number of benzene rings is 2. The minimum Gasteiger partial charge on any atom is -0.460 e. The molecule has 144 valence electrons. The van der Waals surface area contributed by atoms with Crippen LogP contribution in [0.25, 0.3) is 11.0 Å². The molecule has 0 saturated heterocycles. The average molecular weight is 381 g/mol. The van der Waals surface area contributed by atoms with Crippen molar-refractivity contribution < 1.29 is 23.7 Å². The summed E-state index contributed by atoms with van der Waals surface area (Å²) in [4.78, 5) is 34.9. The third-order valence-corrected chi connectivity index (χ3v) is 4.32. The summed E-state index contributed by atoms with van der Waals surface area (Å²) in [5, 5.41) is 11.6. The standard InChI is InChI=1S/C21H19NO6/c1-3-4-5-19-20(17-12-15(22(25)26)8-11-18(17)28-19)21(24)14-6-9-16(10-7-14)27-13(2)23/h6-12H,3-5H2,1-2H3. The molecule has 1 heterocycles. The van der Waals surface area contributed by atoms with Gasteiger partial charge < -0.3 is 9.15 Å². The predicted molar refractivity (Wildman–Crippen MR) is 103 cm³/mol. The van der Waals surface area contributed by atoms with Crippen LogP contribution >= 0.6 is 0 Å². The predicted octanol–water partition coefficient (Wildman–Crippen LogP) is 4.84. The number of esters is 1. The molecule has 0 amide bonds. The van der Waals surface area contributed by atoms with E-state index in [1.165, 1.54) is 37.3 Å². The van der Waals surface area contributed by atoms with Gasteiger partial charge in [0.15, 0.2) is 5.78 Å². The second-order valence-electron chi connectivity index (χ2n) is 6.39. The van der Waals surface area contributed by atoms with Crippen LogP contribution < -0.4 is 4.74 Å². The summed E-state index contributed by atoms with van der Waals surface area (Å²) in [6.07, 6.45) is 2.31. The number of furan rings is 1. The van der Waals surface area contributed by atoms with E-state index in [2.05, 4.69) is 0 Å². The zero-order chi connectivity index (χ0) is 20.3. The van der Waals surface area contributed by atoms with Gasteiger partial charge in [0.05, 0.1) is 10.5 Å². The van der Waals surface area contributed by atoms with Gasteiger partial charge in [0, 0.05) is 36.4 Å². The smallest absolute Gasteiger partial charge is 0.308 e. The van der Waals surface area contributed by atoms with Crippen molar-refractivity contribution in [2.75, 3.05) is 0 Å². The Morgan fingerprint density at radius 3 is 2.46 bits per heavy atom. The summed E-state index contributed by atoms with van der Waals surface area (Å²) in [5.74, 6) is 0.114. The normalized spacial score (nSPS) is 10.8.